The number of anilines is 1. The molecule has 0 spiro atoms. The number of hydrogen-bond acceptors (Lipinski definition) is 3. The molecule has 0 saturated carbocycles. The van der Waals surface area contributed by atoms with E-state index in [1.165, 1.54) is 11.8 Å². The maximum absolute atomic E-state index is 12.9. The summed E-state index contributed by atoms with van der Waals surface area (Å²) in [6.07, 6.45) is -3.35. The number of nitrogens with one attached hydrogen (secondary N) is 1. The molecule has 0 bridgehead atoms. The van der Waals surface area contributed by atoms with E-state index in [4.69, 9.17) is 0 Å². The third-order valence-electron chi connectivity index (χ3n) is 2.51. The van der Waals surface area contributed by atoms with Crippen molar-refractivity contribution in [1.29, 1.82) is 0 Å². The number of allylic oxidation sites excluding steroid dienone is 1. The van der Waals surface area contributed by atoms with Crippen LogP contribution in [0.25, 0.3) is 0 Å². The van der Waals surface area contributed by atoms with Crippen LogP contribution in [-0.4, -0.2) is 23.5 Å². The van der Waals surface area contributed by atoms with Crippen molar-refractivity contribution in [2.24, 2.45) is 4.99 Å². The van der Waals surface area contributed by atoms with E-state index in [1.807, 2.05) is 6.92 Å². The van der Waals surface area contributed by atoms with Gasteiger partial charge in [-0.25, -0.2) is 0 Å². The Hall–Kier alpha value is -1.43. The van der Waals surface area contributed by atoms with Gasteiger partial charge in [-0.3, -0.25) is 4.99 Å². The molecule has 1 aliphatic heterocycles. The minimum Gasteiger partial charge on any atom is -0.351 e. The van der Waals surface area contributed by atoms with E-state index >= 15 is 0 Å². The quantitative estimate of drug-likeness (QED) is 0.908. The summed E-state index contributed by atoms with van der Waals surface area (Å²) in [4.78, 5) is 4.01. The van der Waals surface area contributed by atoms with Crippen molar-refractivity contribution in [3.63, 3.8) is 0 Å². The fourth-order valence-corrected chi connectivity index (χ4v) is 2.32. The third kappa shape index (κ3) is 4.02. The van der Waals surface area contributed by atoms with Crippen LogP contribution in [0, 0.1) is 6.92 Å². The Bertz CT molecular complexity index is 504. The number of nitrogens with zero attached hydrogens (tertiary/aromatic N) is 1. The van der Waals surface area contributed by atoms with Gasteiger partial charge in [-0.2, -0.15) is 13.2 Å². The molecule has 0 fully saturated rings. The number of thioether (sulfide) groups is 1. The summed E-state index contributed by atoms with van der Waals surface area (Å²) in [5.41, 5.74) is 0.626. The molecule has 1 N–H and O–H groups in total. The van der Waals surface area contributed by atoms with Gasteiger partial charge in [0.1, 0.15) is 5.70 Å². The Labute approximate surface area is 113 Å². The molecule has 6 heteroatoms. The minimum absolute atomic E-state index is 0.415. The van der Waals surface area contributed by atoms with E-state index < -0.39 is 11.9 Å². The normalized spacial score (nSPS) is 16.4. The first-order valence-corrected chi connectivity index (χ1v) is 6.73. The molecule has 1 heterocycles. The van der Waals surface area contributed by atoms with E-state index in [0.29, 0.717) is 17.3 Å². The average molecular weight is 286 g/mol. The molecule has 0 unspecified atom stereocenters. The summed E-state index contributed by atoms with van der Waals surface area (Å²) in [6.45, 7) is 2.46. The van der Waals surface area contributed by atoms with E-state index in [9.17, 15) is 13.2 Å². The predicted octanol–water partition coefficient (Wildman–Crippen LogP) is 4.00. The first-order valence-electron chi connectivity index (χ1n) is 5.75. The Morgan fingerprint density at radius 1 is 1.32 bits per heavy atom. The lowest BCUT2D eigenvalue weighted by molar-refractivity contribution is -0.0901. The van der Waals surface area contributed by atoms with Crippen LogP contribution in [0.4, 0.5) is 18.9 Å². The SMILES string of the molecule is Cc1ccc(N/C(=C\C2=NCCS2)C(F)(F)F)cc1. The molecule has 19 heavy (non-hydrogen) atoms. The maximum Gasteiger partial charge on any atom is 0.431 e. The van der Waals surface area contributed by atoms with Gasteiger partial charge in [-0.15, -0.1) is 11.8 Å². The highest BCUT2D eigenvalue weighted by atomic mass is 32.2. The Morgan fingerprint density at radius 2 is 2.00 bits per heavy atom. The third-order valence-corrected chi connectivity index (χ3v) is 3.44. The summed E-state index contributed by atoms with van der Waals surface area (Å²) in [6, 6.07) is 6.77. The number of aliphatic imine (C=N–C) groups is 1. The summed E-state index contributed by atoms with van der Waals surface area (Å²) in [7, 11) is 0. The van der Waals surface area contributed by atoms with Gasteiger partial charge in [0.15, 0.2) is 0 Å². The highest BCUT2D eigenvalue weighted by Crippen LogP contribution is 2.28. The maximum atomic E-state index is 12.9. The van der Waals surface area contributed by atoms with Crippen LogP contribution < -0.4 is 5.32 Å². The molecule has 0 atom stereocenters. The molecular formula is C13H13F3N2S. The van der Waals surface area contributed by atoms with Crippen LogP contribution in [0.15, 0.2) is 41.0 Å². The molecule has 0 saturated heterocycles. The summed E-state index contributed by atoms with van der Waals surface area (Å²) in [5.74, 6) is 0.738. The van der Waals surface area contributed by atoms with Crippen LogP contribution >= 0.6 is 11.8 Å². The number of halogens is 3. The molecule has 0 aliphatic carbocycles. The second-order valence-electron chi connectivity index (χ2n) is 4.12. The summed E-state index contributed by atoms with van der Waals surface area (Å²) in [5, 5.41) is 2.84. The zero-order chi connectivity index (χ0) is 13.9. The summed E-state index contributed by atoms with van der Waals surface area (Å²) < 4.78 is 38.8. The number of hydrogen-bond donors (Lipinski definition) is 1. The van der Waals surface area contributed by atoms with Gasteiger partial charge in [0, 0.05) is 18.0 Å². The second kappa shape index (κ2) is 5.69. The summed E-state index contributed by atoms with van der Waals surface area (Å²) >= 11 is 1.33. The lowest BCUT2D eigenvalue weighted by Gasteiger charge is -2.14. The predicted molar refractivity (Wildman–Crippen MR) is 73.7 cm³/mol. The second-order valence-corrected chi connectivity index (χ2v) is 5.23. The Morgan fingerprint density at radius 3 is 2.53 bits per heavy atom. The highest BCUT2D eigenvalue weighted by molar-refractivity contribution is 8.14. The van der Waals surface area contributed by atoms with Crippen LogP contribution in [0.3, 0.4) is 0 Å². The van der Waals surface area contributed by atoms with Crippen molar-refractivity contribution < 1.29 is 13.2 Å². The van der Waals surface area contributed by atoms with E-state index in [0.717, 1.165) is 17.4 Å². The van der Waals surface area contributed by atoms with Crippen molar-refractivity contribution in [2.45, 2.75) is 13.1 Å². The number of alkyl halides is 3. The zero-order valence-electron chi connectivity index (χ0n) is 10.3. The van der Waals surface area contributed by atoms with Crippen molar-refractivity contribution in [1.82, 2.24) is 0 Å². The average Bonchev–Trinajstić information content (AvgIpc) is 2.83. The molecule has 1 aliphatic rings. The molecule has 102 valence electrons. The molecule has 0 aromatic heterocycles. The molecule has 0 amide bonds. The van der Waals surface area contributed by atoms with Gasteiger partial charge < -0.3 is 5.32 Å². The standard InChI is InChI=1S/C13H13F3N2S/c1-9-2-4-10(5-3-9)18-11(13(14,15)16)8-12-17-6-7-19-12/h2-5,8,18H,6-7H2,1H3/b11-8-. The zero-order valence-corrected chi connectivity index (χ0v) is 11.1. The molecule has 2 rings (SSSR count). The van der Waals surface area contributed by atoms with Crippen LogP contribution in [0.1, 0.15) is 5.56 Å². The van der Waals surface area contributed by atoms with E-state index in [-0.39, 0.29) is 0 Å². The first-order chi connectivity index (χ1) is 8.95. The monoisotopic (exact) mass is 286 g/mol. The molecule has 2 nitrogen and oxygen atoms in total. The highest BCUT2D eigenvalue weighted by Gasteiger charge is 2.34. The Balaban J connectivity index is 2.21. The minimum atomic E-state index is -4.42. The fraction of sp³-hybridized carbons (Fsp3) is 0.308. The largest absolute Gasteiger partial charge is 0.431 e. The molecule has 0 radical (unpaired) electrons. The van der Waals surface area contributed by atoms with Crippen molar-refractivity contribution in [2.75, 3.05) is 17.6 Å². The lowest BCUT2D eigenvalue weighted by Crippen LogP contribution is -2.20. The fourth-order valence-electron chi connectivity index (χ4n) is 1.54. The van der Waals surface area contributed by atoms with Crippen LogP contribution in [-0.2, 0) is 0 Å². The first kappa shape index (κ1) is 14.0. The topological polar surface area (TPSA) is 24.4 Å². The van der Waals surface area contributed by atoms with E-state index in [1.54, 1.807) is 24.3 Å². The number of benzene rings is 1. The molecule has 1 aromatic rings. The van der Waals surface area contributed by atoms with Crippen molar-refractivity contribution >= 4 is 22.5 Å². The van der Waals surface area contributed by atoms with Gasteiger partial charge >= 0.3 is 6.18 Å². The lowest BCUT2D eigenvalue weighted by atomic mass is 10.2. The number of rotatable bonds is 3. The van der Waals surface area contributed by atoms with Gasteiger partial charge in [-0.1, -0.05) is 17.7 Å². The van der Waals surface area contributed by atoms with Crippen molar-refractivity contribution in [3.05, 3.63) is 41.6 Å². The van der Waals surface area contributed by atoms with E-state index in [2.05, 4.69) is 10.3 Å². The Kier molecular flexibility index (Phi) is 4.19. The van der Waals surface area contributed by atoms with Gasteiger partial charge in [0.05, 0.1) is 5.04 Å². The van der Waals surface area contributed by atoms with Crippen LogP contribution in [0.2, 0.25) is 0 Å². The van der Waals surface area contributed by atoms with Gasteiger partial charge in [0.2, 0.25) is 0 Å². The molecular weight excluding hydrogens is 273 g/mol. The van der Waals surface area contributed by atoms with Crippen molar-refractivity contribution in [3.8, 4) is 0 Å². The van der Waals surface area contributed by atoms with Gasteiger partial charge in [0.25, 0.3) is 0 Å². The van der Waals surface area contributed by atoms with Crippen LogP contribution in [0.5, 0.6) is 0 Å². The van der Waals surface area contributed by atoms with Gasteiger partial charge in [-0.05, 0) is 25.1 Å². The smallest absolute Gasteiger partial charge is 0.351 e. The number of aryl methyl sites for hydroxylation is 1. The molecule has 1 aromatic carbocycles.